The van der Waals surface area contributed by atoms with Gasteiger partial charge in [0.15, 0.2) is 5.17 Å². The van der Waals surface area contributed by atoms with Crippen LogP contribution in [0.4, 0.5) is 0 Å². The fraction of sp³-hybridized carbons (Fsp3) is 0.333. The number of amides is 1. The highest BCUT2D eigenvalue weighted by Crippen LogP contribution is 2.33. The first-order valence-corrected chi connectivity index (χ1v) is 10.5. The van der Waals surface area contributed by atoms with Crippen molar-refractivity contribution in [2.24, 2.45) is 10.9 Å². The number of nitrogens with one attached hydrogen (secondary N) is 1. The van der Waals surface area contributed by atoms with Crippen LogP contribution in [0.2, 0.25) is 0 Å². The van der Waals surface area contributed by atoms with Gasteiger partial charge in [-0.3, -0.25) is 14.7 Å². The Morgan fingerprint density at radius 3 is 2.79 bits per heavy atom. The topological polar surface area (TPSA) is 87.7 Å². The van der Waals surface area contributed by atoms with Gasteiger partial charge in [-0.1, -0.05) is 30.3 Å². The van der Waals surface area contributed by atoms with Crippen molar-refractivity contribution >= 4 is 34.9 Å². The second kappa shape index (κ2) is 8.65. The molecular formula is C21H22N4O3S. The van der Waals surface area contributed by atoms with E-state index in [-0.39, 0.29) is 17.8 Å². The number of carbonyl (C=O) groups is 2. The van der Waals surface area contributed by atoms with Gasteiger partial charge in [0.05, 0.1) is 29.3 Å². The third-order valence-electron chi connectivity index (χ3n) is 5.01. The molecule has 0 saturated carbocycles. The molecule has 0 spiro atoms. The first-order chi connectivity index (χ1) is 14.2. The third-order valence-corrected chi connectivity index (χ3v) is 6.06. The molecule has 150 valence electrons. The number of thioether (sulfide) groups is 1. The lowest BCUT2D eigenvalue weighted by Gasteiger charge is -2.31. The molecule has 0 atom stereocenters. The van der Waals surface area contributed by atoms with Gasteiger partial charge >= 0.3 is 5.97 Å². The molecule has 0 radical (unpaired) electrons. The van der Waals surface area contributed by atoms with Crippen molar-refractivity contribution in [2.45, 2.75) is 19.8 Å². The lowest BCUT2D eigenvalue weighted by atomic mass is 9.97. The van der Waals surface area contributed by atoms with Crippen molar-refractivity contribution in [1.29, 1.82) is 0 Å². The highest BCUT2D eigenvalue weighted by molar-refractivity contribution is 8.18. The molecule has 2 aliphatic heterocycles. The van der Waals surface area contributed by atoms with E-state index >= 15 is 0 Å². The number of likely N-dealkylation sites (tertiary alicyclic amines) is 1. The highest BCUT2D eigenvalue weighted by Gasteiger charge is 2.31. The molecule has 29 heavy (non-hydrogen) atoms. The van der Waals surface area contributed by atoms with Gasteiger partial charge in [0.2, 0.25) is 0 Å². The molecule has 4 rings (SSSR count). The first-order valence-electron chi connectivity index (χ1n) is 9.68. The van der Waals surface area contributed by atoms with Gasteiger partial charge in [-0.25, -0.2) is 0 Å². The van der Waals surface area contributed by atoms with Crippen LogP contribution in [-0.4, -0.2) is 51.8 Å². The van der Waals surface area contributed by atoms with Gasteiger partial charge in [-0.05, 0) is 37.6 Å². The lowest BCUT2D eigenvalue weighted by molar-refractivity contribution is -0.149. The SMILES string of the molecule is CCOC(=O)C1CCN(C2=NC(=O)/C(=C/c3cn[nH]c3-c3ccccc3)S2)CC1. The van der Waals surface area contributed by atoms with E-state index in [1.807, 2.05) is 43.3 Å². The average molecular weight is 410 g/mol. The second-order valence-corrected chi connectivity index (χ2v) is 7.90. The summed E-state index contributed by atoms with van der Waals surface area (Å²) in [6.45, 7) is 3.61. The molecule has 1 fully saturated rings. The summed E-state index contributed by atoms with van der Waals surface area (Å²) >= 11 is 1.38. The van der Waals surface area contributed by atoms with Crippen LogP contribution in [0.15, 0.2) is 46.4 Å². The van der Waals surface area contributed by atoms with Crippen molar-refractivity contribution in [2.75, 3.05) is 19.7 Å². The van der Waals surface area contributed by atoms with Crippen LogP contribution in [0.1, 0.15) is 25.3 Å². The number of esters is 1. The quantitative estimate of drug-likeness (QED) is 0.615. The summed E-state index contributed by atoms with van der Waals surface area (Å²) in [6, 6.07) is 9.87. The van der Waals surface area contributed by atoms with Crippen molar-refractivity contribution in [3.05, 3.63) is 47.0 Å². The van der Waals surface area contributed by atoms with Gasteiger partial charge in [0.1, 0.15) is 0 Å². The second-order valence-electron chi connectivity index (χ2n) is 6.89. The van der Waals surface area contributed by atoms with E-state index in [0.29, 0.717) is 42.6 Å². The minimum atomic E-state index is -0.238. The van der Waals surface area contributed by atoms with Crippen LogP contribution in [-0.2, 0) is 14.3 Å². The number of carbonyl (C=O) groups excluding carboxylic acids is 2. The van der Waals surface area contributed by atoms with Crippen LogP contribution in [0.3, 0.4) is 0 Å². The maximum absolute atomic E-state index is 12.5. The Labute approximate surface area is 173 Å². The van der Waals surface area contributed by atoms with Gasteiger partial charge < -0.3 is 9.64 Å². The number of benzene rings is 1. The number of piperidine rings is 1. The molecule has 3 heterocycles. The standard InChI is InChI=1S/C21H22N4O3S/c1-2-28-20(27)15-8-10-25(11-9-15)21-23-19(26)17(29-21)12-16-13-22-24-18(16)14-6-4-3-5-7-14/h3-7,12-13,15H,2,8-11H2,1H3,(H,22,24)/b17-12-. The van der Waals surface area contributed by atoms with Crippen molar-refractivity contribution in [3.8, 4) is 11.3 Å². The zero-order valence-corrected chi connectivity index (χ0v) is 16.9. The maximum Gasteiger partial charge on any atom is 0.309 e. The van der Waals surface area contributed by atoms with E-state index in [9.17, 15) is 9.59 Å². The summed E-state index contributed by atoms with van der Waals surface area (Å²) in [4.78, 5) is 31.2. The summed E-state index contributed by atoms with van der Waals surface area (Å²) in [5.41, 5.74) is 2.73. The normalized spacial score (nSPS) is 18.9. The molecule has 0 bridgehead atoms. The summed E-state index contributed by atoms with van der Waals surface area (Å²) in [7, 11) is 0. The van der Waals surface area contributed by atoms with Crippen LogP contribution < -0.4 is 0 Å². The van der Waals surface area contributed by atoms with Gasteiger partial charge in [0, 0.05) is 24.2 Å². The van der Waals surface area contributed by atoms with Crippen molar-refractivity contribution < 1.29 is 14.3 Å². The van der Waals surface area contributed by atoms with Gasteiger partial charge in [0.25, 0.3) is 5.91 Å². The van der Waals surface area contributed by atoms with Gasteiger partial charge in [-0.2, -0.15) is 10.1 Å². The molecule has 0 aliphatic carbocycles. The van der Waals surface area contributed by atoms with Crippen LogP contribution in [0.25, 0.3) is 17.3 Å². The molecule has 7 nitrogen and oxygen atoms in total. The van der Waals surface area contributed by atoms with Crippen molar-refractivity contribution in [3.63, 3.8) is 0 Å². The average Bonchev–Trinajstić information content (AvgIpc) is 3.36. The number of nitrogens with zero attached hydrogens (tertiary/aromatic N) is 3. The summed E-state index contributed by atoms with van der Waals surface area (Å²) in [6.07, 6.45) is 4.98. The minimum absolute atomic E-state index is 0.0664. The third kappa shape index (κ3) is 4.27. The summed E-state index contributed by atoms with van der Waals surface area (Å²) in [5.74, 6) is -0.431. The Morgan fingerprint density at radius 2 is 2.07 bits per heavy atom. The Bertz CT molecular complexity index is 959. The fourth-order valence-corrected chi connectivity index (χ4v) is 4.44. The number of aliphatic imine (C=N–C) groups is 1. The summed E-state index contributed by atoms with van der Waals surface area (Å²) < 4.78 is 5.12. The number of amidine groups is 1. The van der Waals surface area contributed by atoms with E-state index in [1.54, 1.807) is 6.20 Å². The van der Waals surface area contributed by atoms with Crippen molar-refractivity contribution in [1.82, 2.24) is 15.1 Å². The molecule has 1 saturated heterocycles. The molecule has 8 heteroatoms. The van der Waals surface area contributed by atoms with E-state index < -0.39 is 0 Å². The summed E-state index contributed by atoms with van der Waals surface area (Å²) in [5, 5.41) is 7.84. The zero-order chi connectivity index (χ0) is 20.2. The predicted octanol–water partition coefficient (Wildman–Crippen LogP) is 3.32. The largest absolute Gasteiger partial charge is 0.466 e. The Balaban J connectivity index is 1.43. The fourth-order valence-electron chi connectivity index (χ4n) is 3.48. The molecule has 1 amide bonds. The Kier molecular flexibility index (Phi) is 5.80. The molecule has 1 aromatic carbocycles. The number of aromatic nitrogens is 2. The molecule has 1 aromatic heterocycles. The monoisotopic (exact) mass is 410 g/mol. The van der Waals surface area contributed by atoms with E-state index in [2.05, 4.69) is 20.1 Å². The number of rotatable bonds is 4. The molecular weight excluding hydrogens is 388 g/mol. The van der Waals surface area contributed by atoms with E-state index in [4.69, 9.17) is 4.74 Å². The van der Waals surface area contributed by atoms with Crippen LogP contribution >= 0.6 is 11.8 Å². The number of hydrogen-bond acceptors (Lipinski definition) is 6. The number of ether oxygens (including phenoxy) is 1. The number of aromatic amines is 1. The lowest BCUT2D eigenvalue weighted by Crippen LogP contribution is -2.39. The maximum atomic E-state index is 12.5. The predicted molar refractivity (Wildman–Crippen MR) is 113 cm³/mol. The Hall–Kier alpha value is -2.87. The molecule has 0 unspecified atom stereocenters. The molecule has 2 aliphatic rings. The van der Waals surface area contributed by atoms with E-state index in [1.165, 1.54) is 11.8 Å². The van der Waals surface area contributed by atoms with Crippen LogP contribution in [0, 0.1) is 5.92 Å². The highest BCUT2D eigenvalue weighted by atomic mass is 32.2. The molecule has 2 aromatic rings. The van der Waals surface area contributed by atoms with E-state index in [0.717, 1.165) is 16.8 Å². The van der Waals surface area contributed by atoms with Crippen LogP contribution in [0.5, 0.6) is 0 Å². The number of H-pyrrole nitrogens is 1. The Morgan fingerprint density at radius 1 is 1.31 bits per heavy atom. The smallest absolute Gasteiger partial charge is 0.309 e. The molecule has 1 N–H and O–H groups in total. The zero-order valence-electron chi connectivity index (χ0n) is 16.1. The minimum Gasteiger partial charge on any atom is -0.466 e. The first kappa shape index (κ1) is 19.4. The number of hydrogen-bond donors (Lipinski definition) is 1. The van der Waals surface area contributed by atoms with Gasteiger partial charge in [-0.15, -0.1) is 0 Å².